The van der Waals surface area contributed by atoms with Gasteiger partial charge in [-0.15, -0.1) is 13.2 Å². The standard InChI is InChI=1S/C2HBF3NO3/c4-2(5,6)10-3(8)9-1-7/h8H. The minimum Gasteiger partial charge on any atom is -0.442 e. The highest BCUT2D eigenvalue weighted by Crippen LogP contribution is 2.16. The molecule has 0 aromatic heterocycles. The van der Waals surface area contributed by atoms with Gasteiger partial charge in [0.25, 0.3) is 6.26 Å². The Bertz CT molecular complexity index is 142. The van der Waals surface area contributed by atoms with Gasteiger partial charge in [0.05, 0.1) is 0 Å². The summed E-state index contributed by atoms with van der Waals surface area (Å²) in [6.07, 6.45) is -4.19. The second-order valence-electron chi connectivity index (χ2n) is 1.08. The first kappa shape index (κ1) is 9.06. The van der Waals surface area contributed by atoms with Gasteiger partial charge in [0.1, 0.15) is 0 Å². The molecule has 0 aromatic rings. The van der Waals surface area contributed by atoms with Crippen molar-refractivity contribution in [3.05, 3.63) is 0 Å². The molecule has 8 heteroatoms. The molecule has 0 aromatic carbocycles. The van der Waals surface area contributed by atoms with Crippen molar-refractivity contribution in [2.75, 3.05) is 0 Å². The Kier molecular flexibility index (Phi) is 2.98. The van der Waals surface area contributed by atoms with E-state index in [4.69, 9.17) is 10.3 Å². The molecule has 1 N–H and O–H groups in total. The van der Waals surface area contributed by atoms with Gasteiger partial charge < -0.3 is 9.68 Å². The molecule has 0 atom stereocenters. The number of hydrogen-bond donors (Lipinski definition) is 1. The lowest BCUT2D eigenvalue weighted by Gasteiger charge is -2.05. The van der Waals surface area contributed by atoms with Crippen LogP contribution in [0.25, 0.3) is 0 Å². The summed E-state index contributed by atoms with van der Waals surface area (Å²) in [6, 6.07) is 0. The SMILES string of the molecule is N#COB(O)OC(F)(F)F. The molecule has 0 aliphatic rings. The first-order valence-electron chi connectivity index (χ1n) is 1.93. The number of hydrogen-bond acceptors (Lipinski definition) is 4. The average Bonchev–Trinajstić information content (AvgIpc) is 1.59. The highest BCUT2D eigenvalue weighted by atomic mass is 19.4. The van der Waals surface area contributed by atoms with E-state index < -0.39 is 13.7 Å². The predicted molar refractivity (Wildman–Crippen MR) is 21.8 cm³/mol. The maximum absolute atomic E-state index is 11.1. The summed E-state index contributed by atoms with van der Waals surface area (Å²) in [5.74, 6) is 0. The van der Waals surface area contributed by atoms with Crippen molar-refractivity contribution in [3.63, 3.8) is 0 Å². The third kappa shape index (κ3) is 5.21. The van der Waals surface area contributed by atoms with Gasteiger partial charge in [-0.2, -0.15) is 5.26 Å². The largest absolute Gasteiger partial charge is 0.726 e. The van der Waals surface area contributed by atoms with Gasteiger partial charge in [-0.1, -0.05) is 0 Å². The van der Waals surface area contributed by atoms with Crippen LogP contribution in [0, 0.1) is 11.5 Å². The van der Waals surface area contributed by atoms with Crippen LogP contribution in [0.5, 0.6) is 0 Å². The second kappa shape index (κ2) is 3.29. The van der Waals surface area contributed by atoms with Crippen LogP contribution < -0.4 is 0 Å². The fraction of sp³-hybridized carbons (Fsp3) is 0.500. The summed E-state index contributed by atoms with van der Waals surface area (Å²) in [7, 11) is -2.58. The van der Waals surface area contributed by atoms with Crippen molar-refractivity contribution in [3.8, 4) is 6.26 Å². The molecule has 0 aliphatic heterocycles. The van der Waals surface area contributed by atoms with Gasteiger partial charge in [-0.05, 0) is 0 Å². The van der Waals surface area contributed by atoms with Crippen molar-refractivity contribution < 1.29 is 27.5 Å². The summed E-state index contributed by atoms with van der Waals surface area (Å²) in [5.41, 5.74) is 0. The number of halogens is 3. The summed E-state index contributed by atoms with van der Waals surface area (Å²) < 4.78 is 39.3. The second-order valence-corrected chi connectivity index (χ2v) is 1.08. The number of rotatable bonds is 2. The molecular weight excluding hydrogens is 154 g/mol. The van der Waals surface area contributed by atoms with Crippen LogP contribution in [0.15, 0.2) is 0 Å². The average molecular weight is 155 g/mol. The molecule has 0 unspecified atom stereocenters. The highest BCUT2D eigenvalue weighted by Gasteiger charge is 2.38. The quantitative estimate of drug-likeness (QED) is 0.450. The van der Waals surface area contributed by atoms with Gasteiger partial charge in [0.2, 0.25) is 0 Å². The van der Waals surface area contributed by atoms with Crippen molar-refractivity contribution >= 4 is 7.32 Å². The van der Waals surface area contributed by atoms with Crippen LogP contribution in [0.3, 0.4) is 0 Å². The molecule has 0 heterocycles. The number of nitrogens with zero attached hydrogens (tertiary/aromatic N) is 1. The maximum Gasteiger partial charge on any atom is 0.726 e. The molecule has 0 fully saturated rings. The summed E-state index contributed by atoms with van der Waals surface area (Å²) in [4.78, 5) is 0. The molecule has 0 saturated heterocycles. The van der Waals surface area contributed by atoms with E-state index in [2.05, 4.69) is 9.31 Å². The fourth-order valence-corrected chi connectivity index (χ4v) is 0.183. The molecule has 0 spiro atoms. The molecule has 0 amide bonds. The van der Waals surface area contributed by atoms with E-state index in [1.165, 1.54) is 0 Å². The normalized spacial score (nSPS) is 10.3. The molecule has 0 radical (unpaired) electrons. The monoisotopic (exact) mass is 155 g/mol. The Morgan fingerprint density at radius 3 is 2.30 bits per heavy atom. The topological polar surface area (TPSA) is 62.5 Å². The van der Waals surface area contributed by atoms with Crippen LogP contribution in [0.1, 0.15) is 0 Å². The predicted octanol–water partition coefficient (Wildman–Crippen LogP) is -0.00232. The van der Waals surface area contributed by atoms with Gasteiger partial charge >= 0.3 is 13.7 Å². The first-order chi connectivity index (χ1) is 4.45. The first-order valence-corrected chi connectivity index (χ1v) is 1.93. The Morgan fingerprint density at radius 1 is 1.50 bits per heavy atom. The van der Waals surface area contributed by atoms with E-state index in [0.29, 0.717) is 0 Å². The minimum atomic E-state index is -5.00. The Hall–Kier alpha value is -0.935. The molecule has 0 rings (SSSR count). The van der Waals surface area contributed by atoms with Crippen LogP contribution in [0.4, 0.5) is 13.2 Å². The van der Waals surface area contributed by atoms with Gasteiger partial charge in [0, 0.05) is 0 Å². The lowest BCUT2D eigenvalue weighted by molar-refractivity contribution is -0.288. The van der Waals surface area contributed by atoms with Crippen molar-refractivity contribution in [1.29, 1.82) is 5.26 Å². The zero-order valence-electron chi connectivity index (χ0n) is 4.42. The third-order valence-corrected chi connectivity index (χ3v) is 0.388. The van der Waals surface area contributed by atoms with Crippen molar-refractivity contribution in [1.82, 2.24) is 0 Å². The van der Waals surface area contributed by atoms with Gasteiger partial charge in [-0.3, -0.25) is 4.65 Å². The van der Waals surface area contributed by atoms with Crippen LogP contribution in [-0.4, -0.2) is 18.7 Å². The zero-order chi connectivity index (χ0) is 8.20. The van der Waals surface area contributed by atoms with E-state index in [0.717, 1.165) is 6.26 Å². The van der Waals surface area contributed by atoms with E-state index >= 15 is 0 Å². The fourth-order valence-electron chi connectivity index (χ4n) is 0.183. The minimum absolute atomic E-state index is 0.815. The van der Waals surface area contributed by atoms with E-state index in [9.17, 15) is 13.2 Å². The number of nitriles is 1. The summed E-state index contributed by atoms with van der Waals surface area (Å²) >= 11 is 0. The Balaban J connectivity index is 3.60. The molecule has 10 heavy (non-hydrogen) atoms. The third-order valence-electron chi connectivity index (χ3n) is 0.388. The molecule has 56 valence electrons. The van der Waals surface area contributed by atoms with E-state index in [1.54, 1.807) is 0 Å². The van der Waals surface area contributed by atoms with Crippen LogP contribution in [0.2, 0.25) is 0 Å². The summed E-state index contributed by atoms with van der Waals surface area (Å²) in [6.45, 7) is 0. The Labute approximate surface area is 53.9 Å². The lowest BCUT2D eigenvalue weighted by Crippen LogP contribution is -2.29. The molecule has 0 aliphatic carbocycles. The maximum atomic E-state index is 11.1. The molecule has 4 nitrogen and oxygen atoms in total. The summed E-state index contributed by atoms with van der Waals surface area (Å²) in [5, 5.41) is 15.6. The van der Waals surface area contributed by atoms with E-state index in [1.807, 2.05) is 0 Å². The van der Waals surface area contributed by atoms with Crippen molar-refractivity contribution in [2.45, 2.75) is 6.36 Å². The molecular formula is C2HBF3NO3. The van der Waals surface area contributed by atoms with Crippen molar-refractivity contribution in [2.24, 2.45) is 0 Å². The van der Waals surface area contributed by atoms with Crippen LogP contribution >= 0.6 is 0 Å². The Morgan fingerprint density at radius 2 is 2.00 bits per heavy atom. The zero-order valence-corrected chi connectivity index (χ0v) is 4.42. The number of alkyl halides is 3. The molecule has 0 saturated carbocycles. The highest BCUT2D eigenvalue weighted by molar-refractivity contribution is 6.35. The van der Waals surface area contributed by atoms with E-state index in [-0.39, 0.29) is 0 Å². The van der Waals surface area contributed by atoms with Gasteiger partial charge in [-0.25, -0.2) is 0 Å². The smallest absolute Gasteiger partial charge is 0.442 e. The lowest BCUT2D eigenvalue weighted by atomic mass is 10.2. The van der Waals surface area contributed by atoms with Crippen LogP contribution in [-0.2, 0) is 9.31 Å². The van der Waals surface area contributed by atoms with Gasteiger partial charge in [0.15, 0.2) is 0 Å². The molecule has 0 bridgehead atoms.